The van der Waals surface area contributed by atoms with Crippen LogP contribution in [0.5, 0.6) is 5.75 Å². The zero-order valence-electron chi connectivity index (χ0n) is 16.5. The fourth-order valence-corrected chi connectivity index (χ4v) is 3.35. The highest BCUT2D eigenvalue weighted by Crippen LogP contribution is 2.30. The number of para-hydroxylation sites is 1. The second kappa shape index (κ2) is 8.53. The van der Waals surface area contributed by atoms with Gasteiger partial charge < -0.3 is 9.64 Å². The maximum atomic E-state index is 12.6. The molecule has 0 bridgehead atoms. The summed E-state index contributed by atoms with van der Waals surface area (Å²) in [7, 11) is 0. The second-order valence-electron chi connectivity index (χ2n) is 8.05. The molecule has 0 unspecified atom stereocenters. The van der Waals surface area contributed by atoms with Crippen LogP contribution in [0.25, 0.3) is 0 Å². The van der Waals surface area contributed by atoms with Crippen molar-refractivity contribution in [3.8, 4) is 5.75 Å². The number of nitrogens with zero attached hydrogens (tertiary/aromatic N) is 3. The molecule has 1 aliphatic heterocycles. The van der Waals surface area contributed by atoms with Crippen LogP contribution in [-0.4, -0.2) is 53.5 Å². The van der Waals surface area contributed by atoms with Crippen LogP contribution in [0.15, 0.2) is 48.8 Å². The molecule has 1 aromatic heterocycles. The van der Waals surface area contributed by atoms with Crippen LogP contribution in [0.3, 0.4) is 0 Å². The van der Waals surface area contributed by atoms with E-state index >= 15 is 0 Å². The van der Waals surface area contributed by atoms with Gasteiger partial charge in [0, 0.05) is 45.1 Å². The molecule has 27 heavy (non-hydrogen) atoms. The number of aromatic nitrogens is 1. The first-order chi connectivity index (χ1) is 12.9. The van der Waals surface area contributed by atoms with Gasteiger partial charge in [0.15, 0.2) is 6.61 Å². The van der Waals surface area contributed by atoms with Crippen molar-refractivity contribution in [1.82, 2.24) is 14.8 Å². The lowest BCUT2D eigenvalue weighted by molar-refractivity contribution is -0.135. The van der Waals surface area contributed by atoms with Crippen LogP contribution in [0.4, 0.5) is 0 Å². The topological polar surface area (TPSA) is 45.7 Å². The first-order valence-corrected chi connectivity index (χ1v) is 9.55. The van der Waals surface area contributed by atoms with Gasteiger partial charge in [-0.2, -0.15) is 0 Å². The van der Waals surface area contributed by atoms with Gasteiger partial charge in [0.1, 0.15) is 5.75 Å². The Balaban J connectivity index is 1.49. The number of carbonyl (C=O) groups is 1. The van der Waals surface area contributed by atoms with E-state index in [1.165, 1.54) is 5.56 Å². The molecule has 0 atom stereocenters. The van der Waals surface area contributed by atoms with Gasteiger partial charge in [-0.25, -0.2) is 0 Å². The molecule has 0 saturated carbocycles. The average molecular weight is 367 g/mol. The van der Waals surface area contributed by atoms with Gasteiger partial charge in [-0.3, -0.25) is 14.7 Å². The summed E-state index contributed by atoms with van der Waals surface area (Å²) in [6.07, 6.45) is 3.69. The Bertz CT molecular complexity index is 748. The molecule has 0 spiro atoms. The van der Waals surface area contributed by atoms with E-state index in [4.69, 9.17) is 4.74 Å². The minimum atomic E-state index is -0.0163. The maximum Gasteiger partial charge on any atom is 0.260 e. The van der Waals surface area contributed by atoms with E-state index in [9.17, 15) is 4.79 Å². The Morgan fingerprint density at radius 1 is 1.07 bits per heavy atom. The van der Waals surface area contributed by atoms with Crippen molar-refractivity contribution in [1.29, 1.82) is 0 Å². The van der Waals surface area contributed by atoms with E-state index in [-0.39, 0.29) is 17.9 Å². The predicted molar refractivity (Wildman–Crippen MR) is 107 cm³/mol. The fourth-order valence-electron chi connectivity index (χ4n) is 3.35. The van der Waals surface area contributed by atoms with Crippen molar-refractivity contribution in [2.75, 3.05) is 32.8 Å². The maximum absolute atomic E-state index is 12.6. The van der Waals surface area contributed by atoms with E-state index in [0.717, 1.165) is 44.0 Å². The van der Waals surface area contributed by atoms with Crippen LogP contribution in [0.2, 0.25) is 0 Å². The predicted octanol–water partition coefficient (Wildman–Crippen LogP) is 3.10. The van der Waals surface area contributed by atoms with Gasteiger partial charge >= 0.3 is 0 Å². The lowest BCUT2D eigenvalue weighted by Gasteiger charge is -2.34. The van der Waals surface area contributed by atoms with Crippen molar-refractivity contribution >= 4 is 5.91 Å². The largest absolute Gasteiger partial charge is 0.483 e. The number of amides is 1. The van der Waals surface area contributed by atoms with Crippen LogP contribution >= 0.6 is 0 Å². The number of hydrogen-bond donors (Lipinski definition) is 0. The molecule has 2 aromatic rings. The third-order valence-electron chi connectivity index (χ3n) is 4.90. The summed E-state index contributed by atoms with van der Waals surface area (Å²) >= 11 is 0. The molecular formula is C22H29N3O2. The standard InChI is InChI=1S/C22H29N3O2/c1-22(2,3)19-8-4-5-9-20(19)27-17-21(26)25-13-11-24(12-14-25)16-18-7-6-10-23-15-18/h4-10,15H,11-14,16-17H2,1-3H3. The lowest BCUT2D eigenvalue weighted by atomic mass is 9.86. The highest BCUT2D eigenvalue weighted by molar-refractivity contribution is 5.78. The second-order valence-corrected chi connectivity index (χ2v) is 8.05. The number of ether oxygens (including phenoxy) is 1. The van der Waals surface area contributed by atoms with Gasteiger partial charge in [-0.15, -0.1) is 0 Å². The number of rotatable bonds is 5. The molecule has 3 rings (SSSR count). The molecule has 1 aromatic carbocycles. The Labute approximate surface area is 162 Å². The third-order valence-corrected chi connectivity index (χ3v) is 4.90. The fraction of sp³-hybridized carbons (Fsp3) is 0.455. The average Bonchev–Trinajstić information content (AvgIpc) is 2.67. The lowest BCUT2D eigenvalue weighted by Crippen LogP contribution is -2.49. The molecule has 0 N–H and O–H groups in total. The molecule has 5 nitrogen and oxygen atoms in total. The first-order valence-electron chi connectivity index (χ1n) is 9.55. The number of piperazine rings is 1. The Kier molecular flexibility index (Phi) is 6.11. The van der Waals surface area contributed by atoms with Gasteiger partial charge in [-0.05, 0) is 28.7 Å². The molecule has 1 saturated heterocycles. The number of benzene rings is 1. The van der Waals surface area contributed by atoms with E-state index < -0.39 is 0 Å². The smallest absolute Gasteiger partial charge is 0.260 e. The third kappa shape index (κ3) is 5.30. The van der Waals surface area contributed by atoms with Crippen molar-refractivity contribution < 1.29 is 9.53 Å². The van der Waals surface area contributed by atoms with Crippen molar-refractivity contribution in [3.05, 3.63) is 59.9 Å². The number of hydrogen-bond acceptors (Lipinski definition) is 4. The highest BCUT2D eigenvalue weighted by Gasteiger charge is 2.23. The van der Waals surface area contributed by atoms with Crippen molar-refractivity contribution in [2.24, 2.45) is 0 Å². The summed E-state index contributed by atoms with van der Waals surface area (Å²) in [5.74, 6) is 0.855. The van der Waals surface area contributed by atoms with Gasteiger partial charge in [-0.1, -0.05) is 45.0 Å². The quantitative estimate of drug-likeness (QED) is 0.815. The van der Waals surface area contributed by atoms with Crippen LogP contribution < -0.4 is 4.74 Å². The van der Waals surface area contributed by atoms with Crippen LogP contribution in [0.1, 0.15) is 31.9 Å². The Morgan fingerprint density at radius 3 is 2.48 bits per heavy atom. The highest BCUT2D eigenvalue weighted by atomic mass is 16.5. The van der Waals surface area contributed by atoms with Gasteiger partial charge in [0.25, 0.3) is 5.91 Å². The molecule has 5 heteroatoms. The summed E-state index contributed by atoms with van der Waals surface area (Å²) in [6.45, 7) is 10.7. The normalized spacial score (nSPS) is 15.6. The molecule has 1 aliphatic rings. The molecule has 1 amide bonds. The molecule has 0 aliphatic carbocycles. The Hall–Kier alpha value is -2.40. The number of carbonyl (C=O) groups excluding carboxylic acids is 1. The van der Waals surface area contributed by atoms with Crippen molar-refractivity contribution in [3.63, 3.8) is 0 Å². The van der Waals surface area contributed by atoms with Gasteiger partial charge in [0.2, 0.25) is 0 Å². The minimum absolute atomic E-state index is 0.0163. The number of pyridine rings is 1. The summed E-state index contributed by atoms with van der Waals surface area (Å²) in [5.41, 5.74) is 2.32. The van der Waals surface area contributed by atoms with E-state index in [1.54, 1.807) is 6.20 Å². The summed E-state index contributed by atoms with van der Waals surface area (Å²) in [5, 5.41) is 0. The summed E-state index contributed by atoms with van der Waals surface area (Å²) < 4.78 is 5.89. The molecule has 1 fully saturated rings. The summed E-state index contributed by atoms with van der Waals surface area (Å²) in [4.78, 5) is 21.0. The monoisotopic (exact) mass is 367 g/mol. The van der Waals surface area contributed by atoms with E-state index in [0.29, 0.717) is 0 Å². The first kappa shape index (κ1) is 19.4. The van der Waals surface area contributed by atoms with Gasteiger partial charge in [0.05, 0.1) is 0 Å². The molecule has 2 heterocycles. The van der Waals surface area contributed by atoms with Crippen molar-refractivity contribution in [2.45, 2.75) is 32.7 Å². The Morgan fingerprint density at radius 2 is 1.81 bits per heavy atom. The SMILES string of the molecule is CC(C)(C)c1ccccc1OCC(=O)N1CCN(Cc2cccnc2)CC1. The zero-order chi connectivity index (χ0) is 19.3. The van der Waals surface area contributed by atoms with E-state index in [2.05, 4.69) is 42.8 Å². The molecular weight excluding hydrogens is 338 g/mol. The minimum Gasteiger partial charge on any atom is -0.483 e. The van der Waals surface area contributed by atoms with Crippen LogP contribution in [-0.2, 0) is 16.8 Å². The zero-order valence-corrected chi connectivity index (χ0v) is 16.5. The summed E-state index contributed by atoms with van der Waals surface area (Å²) in [6, 6.07) is 12.0. The van der Waals surface area contributed by atoms with E-state index in [1.807, 2.05) is 35.4 Å². The van der Waals surface area contributed by atoms with Crippen LogP contribution in [0, 0.1) is 0 Å². The molecule has 0 radical (unpaired) electrons. The molecule has 144 valence electrons.